The highest BCUT2D eigenvalue weighted by atomic mass is 16.5. The summed E-state index contributed by atoms with van der Waals surface area (Å²) < 4.78 is 5.38. The second kappa shape index (κ2) is 8.85. The topological polar surface area (TPSA) is 66.0 Å². The number of nitrogens with zero attached hydrogens (tertiary/aromatic N) is 2. The van der Waals surface area contributed by atoms with E-state index in [9.17, 15) is 4.79 Å². The van der Waals surface area contributed by atoms with Crippen LogP contribution in [0.15, 0.2) is 29.3 Å². The predicted octanol–water partition coefficient (Wildman–Crippen LogP) is 1.95. The van der Waals surface area contributed by atoms with Gasteiger partial charge in [-0.05, 0) is 38.3 Å². The summed E-state index contributed by atoms with van der Waals surface area (Å²) in [5.74, 6) is 0.916. The van der Waals surface area contributed by atoms with Crippen LogP contribution in [-0.2, 0) is 16.0 Å². The highest BCUT2D eigenvalue weighted by Crippen LogP contribution is 2.27. The van der Waals surface area contributed by atoms with Crippen LogP contribution in [0.3, 0.4) is 0 Å². The van der Waals surface area contributed by atoms with E-state index in [0.717, 1.165) is 31.0 Å². The number of ether oxygens (including phenoxy) is 1. The minimum absolute atomic E-state index is 0.190. The van der Waals surface area contributed by atoms with Gasteiger partial charge in [-0.25, -0.2) is 0 Å². The van der Waals surface area contributed by atoms with Gasteiger partial charge in [0.1, 0.15) is 0 Å². The number of benzene rings is 1. The number of hydrogen-bond acceptors (Lipinski definition) is 3. The average Bonchev–Trinajstić information content (AvgIpc) is 3.05. The van der Waals surface area contributed by atoms with Crippen molar-refractivity contribution in [3.8, 4) is 0 Å². The first-order valence-corrected chi connectivity index (χ1v) is 8.85. The van der Waals surface area contributed by atoms with E-state index in [2.05, 4.69) is 21.7 Å². The largest absolute Gasteiger partial charge is 0.377 e. The Bertz CT molecular complexity index is 613. The van der Waals surface area contributed by atoms with Crippen LogP contribution in [0.1, 0.15) is 32.3 Å². The standard InChI is InChI=1S/C19H30N4O2/c1-19(2,25-4)14-22-18(20-3)21-12-7-10-17(24)23-13-11-15-8-5-6-9-16(15)23/h5-6,8-9H,7,10-14H2,1-4H3,(H2,20,21,22). The molecule has 6 heteroatoms. The highest BCUT2D eigenvalue weighted by molar-refractivity contribution is 5.95. The van der Waals surface area contributed by atoms with Crippen molar-refractivity contribution < 1.29 is 9.53 Å². The number of nitrogens with one attached hydrogen (secondary N) is 2. The molecule has 1 aliphatic heterocycles. The molecule has 1 amide bonds. The summed E-state index contributed by atoms with van der Waals surface area (Å²) >= 11 is 0. The molecular formula is C19H30N4O2. The zero-order valence-electron chi connectivity index (χ0n) is 15.8. The van der Waals surface area contributed by atoms with Gasteiger partial charge in [0.2, 0.25) is 5.91 Å². The van der Waals surface area contributed by atoms with Gasteiger partial charge < -0.3 is 20.3 Å². The van der Waals surface area contributed by atoms with Gasteiger partial charge in [0.15, 0.2) is 5.96 Å². The molecule has 0 aromatic heterocycles. The van der Waals surface area contributed by atoms with Crippen LogP contribution in [0, 0.1) is 0 Å². The van der Waals surface area contributed by atoms with Crippen LogP contribution in [0.5, 0.6) is 0 Å². The Morgan fingerprint density at radius 2 is 2.08 bits per heavy atom. The van der Waals surface area contributed by atoms with E-state index in [0.29, 0.717) is 19.5 Å². The Labute approximate surface area is 150 Å². The Kier molecular flexibility index (Phi) is 6.82. The Hall–Kier alpha value is -2.08. The van der Waals surface area contributed by atoms with Crippen molar-refractivity contribution in [1.29, 1.82) is 0 Å². The summed E-state index contributed by atoms with van der Waals surface area (Å²) in [6.45, 7) is 6.18. The molecule has 25 heavy (non-hydrogen) atoms. The van der Waals surface area contributed by atoms with Gasteiger partial charge in [0, 0.05) is 45.9 Å². The van der Waals surface area contributed by atoms with Crippen LogP contribution in [0.2, 0.25) is 0 Å². The van der Waals surface area contributed by atoms with Crippen LogP contribution in [0.25, 0.3) is 0 Å². The lowest BCUT2D eigenvalue weighted by Crippen LogP contribution is -2.45. The molecule has 1 aromatic carbocycles. The number of carbonyl (C=O) groups excluding carboxylic acids is 1. The number of methoxy groups -OCH3 is 1. The number of hydrogen-bond donors (Lipinski definition) is 2. The third kappa shape index (κ3) is 5.46. The second-order valence-electron chi connectivity index (χ2n) is 6.84. The molecule has 0 fully saturated rings. The van der Waals surface area contributed by atoms with Gasteiger partial charge in [-0.1, -0.05) is 18.2 Å². The Morgan fingerprint density at radius 1 is 1.32 bits per heavy atom. The van der Waals surface area contributed by atoms with Crippen LogP contribution in [0.4, 0.5) is 5.69 Å². The summed E-state index contributed by atoms with van der Waals surface area (Å²) in [7, 11) is 3.43. The van der Waals surface area contributed by atoms with E-state index < -0.39 is 0 Å². The van der Waals surface area contributed by atoms with E-state index in [1.54, 1.807) is 14.2 Å². The number of amides is 1. The smallest absolute Gasteiger partial charge is 0.227 e. The normalized spacial score (nSPS) is 14.4. The lowest BCUT2D eigenvalue weighted by atomic mass is 10.1. The molecule has 6 nitrogen and oxygen atoms in total. The molecule has 1 aliphatic rings. The van der Waals surface area contributed by atoms with E-state index in [-0.39, 0.29) is 11.5 Å². The zero-order valence-corrected chi connectivity index (χ0v) is 15.8. The molecule has 1 heterocycles. The summed E-state index contributed by atoms with van der Waals surface area (Å²) in [4.78, 5) is 18.6. The SMILES string of the molecule is CN=C(NCCCC(=O)N1CCc2ccccc21)NCC(C)(C)OC. The van der Waals surface area contributed by atoms with Gasteiger partial charge in [-0.3, -0.25) is 9.79 Å². The van der Waals surface area contributed by atoms with E-state index in [1.165, 1.54) is 5.56 Å². The van der Waals surface area contributed by atoms with Gasteiger partial charge in [-0.2, -0.15) is 0 Å². The summed E-state index contributed by atoms with van der Waals surface area (Å²) in [5.41, 5.74) is 2.08. The summed E-state index contributed by atoms with van der Waals surface area (Å²) in [5, 5.41) is 6.48. The first-order valence-electron chi connectivity index (χ1n) is 8.85. The van der Waals surface area contributed by atoms with Crippen molar-refractivity contribution >= 4 is 17.6 Å². The zero-order chi connectivity index (χ0) is 18.3. The van der Waals surface area contributed by atoms with Gasteiger partial charge in [-0.15, -0.1) is 0 Å². The molecule has 138 valence electrons. The van der Waals surface area contributed by atoms with Gasteiger partial charge >= 0.3 is 0 Å². The maximum Gasteiger partial charge on any atom is 0.227 e. The monoisotopic (exact) mass is 346 g/mol. The molecule has 2 rings (SSSR count). The number of para-hydroxylation sites is 1. The van der Waals surface area contributed by atoms with Crippen molar-refractivity contribution in [1.82, 2.24) is 10.6 Å². The first kappa shape index (κ1) is 19.2. The molecule has 0 aliphatic carbocycles. The lowest BCUT2D eigenvalue weighted by Gasteiger charge is -2.24. The molecule has 0 unspecified atom stereocenters. The number of rotatable bonds is 7. The molecule has 0 bridgehead atoms. The second-order valence-corrected chi connectivity index (χ2v) is 6.84. The number of fused-ring (bicyclic) bond motifs is 1. The fourth-order valence-electron chi connectivity index (χ4n) is 2.77. The van der Waals surface area contributed by atoms with Gasteiger partial charge in [0.25, 0.3) is 0 Å². The number of anilines is 1. The molecule has 0 saturated heterocycles. The fraction of sp³-hybridized carbons (Fsp3) is 0.579. The van der Waals surface area contributed by atoms with Crippen molar-refractivity contribution in [3.63, 3.8) is 0 Å². The maximum atomic E-state index is 12.5. The maximum absolute atomic E-state index is 12.5. The molecule has 0 radical (unpaired) electrons. The minimum atomic E-state index is -0.253. The van der Waals surface area contributed by atoms with Crippen molar-refractivity contribution in [2.24, 2.45) is 4.99 Å². The summed E-state index contributed by atoms with van der Waals surface area (Å²) in [6.07, 6.45) is 2.25. The Morgan fingerprint density at radius 3 is 2.80 bits per heavy atom. The fourth-order valence-corrected chi connectivity index (χ4v) is 2.77. The third-order valence-corrected chi connectivity index (χ3v) is 4.51. The van der Waals surface area contributed by atoms with E-state index >= 15 is 0 Å². The molecule has 0 saturated carbocycles. The minimum Gasteiger partial charge on any atom is -0.377 e. The van der Waals surface area contributed by atoms with Crippen LogP contribution < -0.4 is 15.5 Å². The van der Waals surface area contributed by atoms with Gasteiger partial charge in [0.05, 0.1) is 5.60 Å². The third-order valence-electron chi connectivity index (χ3n) is 4.51. The average molecular weight is 346 g/mol. The van der Waals surface area contributed by atoms with E-state index in [1.807, 2.05) is 36.9 Å². The lowest BCUT2D eigenvalue weighted by molar-refractivity contribution is -0.118. The van der Waals surface area contributed by atoms with Crippen LogP contribution in [-0.4, -0.2) is 51.3 Å². The first-order chi connectivity index (χ1) is 12.0. The van der Waals surface area contributed by atoms with E-state index in [4.69, 9.17) is 4.74 Å². The van der Waals surface area contributed by atoms with Crippen molar-refractivity contribution in [2.45, 2.75) is 38.7 Å². The predicted molar refractivity (Wildman–Crippen MR) is 102 cm³/mol. The molecule has 0 spiro atoms. The van der Waals surface area contributed by atoms with Crippen molar-refractivity contribution in [2.75, 3.05) is 38.7 Å². The molecule has 2 N–H and O–H groups in total. The molecule has 1 aromatic rings. The number of guanidine groups is 1. The van der Waals surface area contributed by atoms with Crippen LogP contribution >= 0.6 is 0 Å². The molecule has 0 atom stereocenters. The quantitative estimate of drug-likeness (QED) is 0.450. The molecular weight excluding hydrogens is 316 g/mol. The van der Waals surface area contributed by atoms with Crippen molar-refractivity contribution in [3.05, 3.63) is 29.8 Å². The summed E-state index contributed by atoms with van der Waals surface area (Å²) in [6, 6.07) is 8.15. The highest BCUT2D eigenvalue weighted by Gasteiger charge is 2.23. The number of aliphatic imine (C=N–C) groups is 1. The number of carbonyl (C=O) groups is 1. The Balaban J connectivity index is 1.71.